The molecule has 0 unspecified atom stereocenters. The van der Waals surface area contributed by atoms with Crippen LogP contribution in [-0.4, -0.2) is 53.9 Å². The number of nitrogens with zero attached hydrogens (tertiary/aromatic N) is 8. The summed E-state index contributed by atoms with van der Waals surface area (Å²) in [6.07, 6.45) is -3.54. The van der Waals surface area contributed by atoms with Gasteiger partial charge in [-0.2, -0.15) is 23.1 Å². The first kappa shape index (κ1) is 20.8. The molecular formula is C17H15F3N8O2S. The van der Waals surface area contributed by atoms with E-state index in [2.05, 4.69) is 30.4 Å². The summed E-state index contributed by atoms with van der Waals surface area (Å²) < 4.78 is 65.9. The summed E-state index contributed by atoms with van der Waals surface area (Å²) in [5.41, 5.74) is -0.524. The van der Waals surface area contributed by atoms with Gasteiger partial charge in [0.15, 0.2) is 21.5 Å². The van der Waals surface area contributed by atoms with Gasteiger partial charge in [0.1, 0.15) is 16.9 Å². The Balaban J connectivity index is 1.93. The molecule has 31 heavy (non-hydrogen) atoms. The molecule has 0 radical (unpaired) electrons. The van der Waals surface area contributed by atoms with Crippen LogP contribution < -0.4 is 0 Å². The number of pyridine rings is 2. The summed E-state index contributed by atoms with van der Waals surface area (Å²) in [4.78, 5) is 9.38. The van der Waals surface area contributed by atoms with Gasteiger partial charge < -0.3 is 4.57 Å². The average Bonchev–Trinajstić information content (AvgIpc) is 3.27. The number of sulfone groups is 1. The topological polar surface area (TPSA) is 121 Å². The van der Waals surface area contributed by atoms with Crippen molar-refractivity contribution in [3.8, 4) is 23.0 Å². The number of aryl methyl sites for hydroxylation is 1. The van der Waals surface area contributed by atoms with Crippen molar-refractivity contribution in [3.05, 3.63) is 30.0 Å². The summed E-state index contributed by atoms with van der Waals surface area (Å²) >= 11 is 0. The van der Waals surface area contributed by atoms with E-state index < -0.39 is 21.6 Å². The van der Waals surface area contributed by atoms with Crippen LogP contribution in [0.15, 0.2) is 29.3 Å². The zero-order valence-corrected chi connectivity index (χ0v) is 17.3. The maximum Gasteiger partial charge on any atom is 0.416 e. The minimum Gasteiger partial charge on any atom is -0.307 e. The second-order valence-electron chi connectivity index (χ2n) is 6.60. The number of alkyl halides is 3. The van der Waals surface area contributed by atoms with E-state index in [4.69, 9.17) is 0 Å². The van der Waals surface area contributed by atoms with E-state index in [0.717, 1.165) is 18.3 Å². The fourth-order valence-corrected chi connectivity index (χ4v) is 4.01. The maximum absolute atomic E-state index is 13.1. The zero-order chi connectivity index (χ0) is 22.6. The third-order valence-corrected chi connectivity index (χ3v) is 6.30. The van der Waals surface area contributed by atoms with Crippen LogP contribution in [0.25, 0.3) is 34.2 Å². The van der Waals surface area contributed by atoms with Crippen LogP contribution in [0, 0.1) is 0 Å². The van der Waals surface area contributed by atoms with Gasteiger partial charge >= 0.3 is 6.18 Å². The fourth-order valence-electron chi connectivity index (χ4n) is 2.98. The first-order valence-electron chi connectivity index (χ1n) is 8.89. The van der Waals surface area contributed by atoms with Gasteiger partial charge in [-0.15, -0.1) is 15.3 Å². The molecule has 4 aromatic rings. The molecule has 0 saturated heterocycles. The Labute approximate surface area is 173 Å². The average molecular weight is 452 g/mol. The molecule has 10 nitrogen and oxygen atoms in total. The lowest BCUT2D eigenvalue weighted by molar-refractivity contribution is -0.137. The molecule has 4 heterocycles. The normalized spacial score (nSPS) is 12.6. The van der Waals surface area contributed by atoms with Crippen LogP contribution in [0.5, 0.6) is 0 Å². The molecule has 0 saturated carbocycles. The number of hydrogen-bond acceptors (Lipinski definition) is 8. The molecule has 162 valence electrons. The Morgan fingerprint density at radius 2 is 1.77 bits per heavy atom. The van der Waals surface area contributed by atoms with Crippen molar-refractivity contribution in [2.45, 2.75) is 18.0 Å². The van der Waals surface area contributed by atoms with E-state index >= 15 is 0 Å². The molecule has 4 aromatic heterocycles. The van der Waals surface area contributed by atoms with Crippen LogP contribution in [0.1, 0.15) is 12.5 Å². The van der Waals surface area contributed by atoms with Gasteiger partial charge in [-0.05, 0) is 18.2 Å². The molecule has 0 aromatic carbocycles. The van der Waals surface area contributed by atoms with Gasteiger partial charge in [-0.3, -0.25) is 4.98 Å². The lowest BCUT2D eigenvalue weighted by Gasteiger charge is -2.09. The largest absolute Gasteiger partial charge is 0.416 e. The smallest absolute Gasteiger partial charge is 0.307 e. The van der Waals surface area contributed by atoms with E-state index in [1.54, 1.807) is 7.05 Å². The van der Waals surface area contributed by atoms with Crippen molar-refractivity contribution in [3.63, 3.8) is 0 Å². The first-order chi connectivity index (χ1) is 14.5. The van der Waals surface area contributed by atoms with Crippen molar-refractivity contribution >= 4 is 21.0 Å². The predicted octanol–water partition coefficient (Wildman–Crippen LogP) is 2.03. The number of hydrogen-bond donors (Lipinski definition) is 0. The van der Waals surface area contributed by atoms with Crippen LogP contribution in [0.4, 0.5) is 13.2 Å². The van der Waals surface area contributed by atoms with E-state index in [0.29, 0.717) is 0 Å². The minimum absolute atomic E-state index is 0.0157. The van der Waals surface area contributed by atoms with Crippen molar-refractivity contribution in [1.82, 2.24) is 39.7 Å². The van der Waals surface area contributed by atoms with Crippen molar-refractivity contribution in [2.75, 3.05) is 5.75 Å². The SMILES string of the molecule is CCS(=O)(=O)c1cc2nn(C)nc2nc1-c1nnc(-c2cc(C(F)(F)F)ccn2)n1C. The molecule has 0 amide bonds. The molecule has 4 rings (SSSR count). The molecule has 0 spiro atoms. The molecule has 0 aliphatic heterocycles. The molecule has 0 atom stereocenters. The van der Waals surface area contributed by atoms with Gasteiger partial charge in [0.25, 0.3) is 0 Å². The Morgan fingerprint density at radius 3 is 2.45 bits per heavy atom. The maximum atomic E-state index is 13.1. The fraction of sp³-hybridized carbons (Fsp3) is 0.294. The molecule has 0 bridgehead atoms. The quantitative estimate of drug-likeness (QED) is 0.461. The Bertz CT molecular complexity index is 1410. The lowest BCUT2D eigenvalue weighted by atomic mass is 10.2. The Kier molecular flexibility index (Phi) is 4.76. The van der Waals surface area contributed by atoms with Crippen LogP contribution in [-0.2, 0) is 30.1 Å². The van der Waals surface area contributed by atoms with Crippen LogP contribution in [0.3, 0.4) is 0 Å². The zero-order valence-electron chi connectivity index (χ0n) is 16.5. The van der Waals surface area contributed by atoms with Gasteiger partial charge in [-0.1, -0.05) is 6.92 Å². The molecule has 0 aliphatic carbocycles. The van der Waals surface area contributed by atoms with Crippen molar-refractivity contribution in [2.24, 2.45) is 14.1 Å². The molecule has 0 fully saturated rings. The van der Waals surface area contributed by atoms with Crippen molar-refractivity contribution < 1.29 is 21.6 Å². The second kappa shape index (κ2) is 7.08. The molecule has 14 heteroatoms. The number of aromatic nitrogens is 8. The van der Waals surface area contributed by atoms with Gasteiger partial charge in [0.05, 0.1) is 16.2 Å². The van der Waals surface area contributed by atoms with E-state index in [1.165, 1.54) is 29.4 Å². The highest BCUT2D eigenvalue weighted by Crippen LogP contribution is 2.32. The first-order valence-corrected chi connectivity index (χ1v) is 10.5. The van der Waals surface area contributed by atoms with Gasteiger partial charge in [-0.25, -0.2) is 13.4 Å². The highest BCUT2D eigenvalue weighted by Gasteiger charge is 2.32. The van der Waals surface area contributed by atoms with Crippen LogP contribution in [0.2, 0.25) is 0 Å². The Morgan fingerprint density at radius 1 is 1.06 bits per heavy atom. The summed E-state index contributed by atoms with van der Waals surface area (Å²) in [6.45, 7) is 1.48. The van der Waals surface area contributed by atoms with E-state index in [9.17, 15) is 21.6 Å². The van der Waals surface area contributed by atoms with E-state index in [1.807, 2.05) is 0 Å². The highest BCUT2D eigenvalue weighted by atomic mass is 32.2. The standard InChI is InChI=1S/C17H15F3N8O2S/c1-4-31(29,30)12-8-10-14(26-28(3)25-10)22-13(12)16-24-23-15(27(16)2)11-7-9(5-6-21-11)17(18,19)20/h5-8H,4H2,1-3H3. The summed E-state index contributed by atoms with van der Waals surface area (Å²) in [5, 5.41) is 16.1. The number of halogens is 3. The molecule has 0 N–H and O–H groups in total. The van der Waals surface area contributed by atoms with Gasteiger partial charge in [0.2, 0.25) is 5.65 Å². The second-order valence-corrected chi connectivity index (χ2v) is 8.85. The van der Waals surface area contributed by atoms with Crippen molar-refractivity contribution in [1.29, 1.82) is 0 Å². The number of fused-ring (bicyclic) bond motifs is 1. The lowest BCUT2D eigenvalue weighted by Crippen LogP contribution is -2.09. The summed E-state index contributed by atoms with van der Waals surface area (Å²) in [5.74, 6) is -0.149. The van der Waals surface area contributed by atoms with E-state index in [-0.39, 0.29) is 44.8 Å². The third-order valence-electron chi connectivity index (χ3n) is 4.56. The molecular weight excluding hydrogens is 437 g/mol. The van der Waals surface area contributed by atoms with Crippen LogP contribution >= 0.6 is 0 Å². The number of rotatable bonds is 4. The molecule has 0 aliphatic rings. The Hall–Kier alpha value is -3.42. The summed E-state index contributed by atoms with van der Waals surface area (Å²) in [7, 11) is -0.694. The third kappa shape index (κ3) is 3.62. The summed E-state index contributed by atoms with van der Waals surface area (Å²) in [6, 6.07) is 3.04. The monoisotopic (exact) mass is 452 g/mol. The highest BCUT2D eigenvalue weighted by molar-refractivity contribution is 7.91. The van der Waals surface area contributed by atoms with Gasteiger partial charge in [0, 0.05) is 20.3 Å². The minimum atomic E-state index is -4.56. The predicted molar refractivity (Wildman–Crippen MR) is 102 cm³/mol.